The Balaban J connectivity index is 1.68. The van der Waals surface area contributed by atoms with Gasteiger partial charge in [0, 0.05) is 18.4 Å². The molecule has 19 heavy (non-hydrogen) atoms. The van der Waals surface area contributed by atoms with Crippen molar-refractivity contribution < 1.29 is 9.90 Å². The monoisotopic (exact) mass is 260 g/mol. The van der Waals surface area contributed by atoms with Gasteiger partial charge in [-0.05, 0) is 30.4 Å². The van der Waals surface area contributed by atoms with Gasteiger partial charge in [-0.2, -0.15) is 0 Å². The van der Waals surface area contributed by atoms with E-state index in [0.29, 0.717) is 12.8 Å². The first-order valence-electron chi connectivity index (χ1n) is 6.92. The van der Waals surface area contributed by atoms with Crippen LogP contribution in [0.3, 0.4) is 0 Å². The van der Waals surface area contributed by atoms with Crippen molar-refractivity contribution in [1.82, 2.24) is 5.32 Å². The fourth-order valence-corrected chi connectivity index (χ4v) is 3.10. The number of amides is 1. The van der Waals surface area contributed by atoms with Crippen LogP contribution in [0.15, 0.2) is 24.3 Å². The van der Waals surface area contributed by atoms with E-state index in [4.69, 9.17) is 5.73 Å². The summed E-state index contributed by atoms with van der Waals surface area (Å²) in [7, 11) is 0. The van der Waals surface area contributed by atoms with Crippen molar-refractivity contribution in [1.29, 1.82) is 0 Å². The van der Waals surface area contributed by atoms with Gasteiger partial charge in [-0.1, -0.05) is 24.3 Å². The van der Waals surface area contributed by atoms with Gasteiger partial charge in [0.2, 0.25) is 5.91 Å². The second-order valence-corrected chi connectivity index (χ2v) is 5.91. The molecule has 102 valence electrons. The zero-order valence-electron chi connectivity index (χ0n) is 10.9. The third-order valence-corrected chi connectivity index (χ3v) is 4.38. The molecule has 2 aliphatic rings. The van der Waals surface area contributed by atoms with E-state index in [-0.39, 0.29) is 17.5 Å². The maximum absolute atomic E-state index is 12.1. The molecule has 3 rings (SSSR count). The summed E-state index contributed by atoms with van der Waals surface area (Å²) in [6.45, 7) is 0. The van der Waals surface area contributed by atoms with E-state index in [9.17, 15) is 9.90 Å². The van der Waals surface area contributed by atoms with Crippen LogP contribution in [-0.2, 0) is 11.2 Å². The number of aliphatic hydroxyl groups is 1. The molecule has 0 aliphatic heterocycles. The maximum Gasteiger partial charge on any atom is 0.222 e. The molecule has 0 spiro atoms. The molecule has 0 aromatic heterocycles. The van der Waals surface area contributed by atoms with Gasteiger partial charge in [-0.3, -0.25) is 4.79 Å². The molecular weight excluding hydrogens is 240 g/mol. The lowest BCUT2D eigenvalue weighted by Gasteiger charge is -2.37. The second kappa shape index (κ2) is 4.62. The summed E-state index contributed by atoms with van der Waals surface area (Å²) in [5.41, 5.74) is 7.92. The van der Waals surface area contributed by atoms with Gasteiger partial charge in [-0.25, -0.2) is 0 Å². The van der Waals surface area contributed by atoms with Gasteiger partial charge in [0.15, 0.2) is 0 Å². The molecule has 1 saturated carbocycles. The van der Waals surface area contributed by atoms with Crippen LogP contribution in [0, 0.1) is 0 Å². The van der Waals surface area contributed by atoms with Crippen LogP contribution in [-0.4, -0.2) is 22.7 Å². The number of hydrogen-bond donors (Lipinski definition) is 3. The molecule has 4 heteroatoms. The van der Waals surface area contributed by atoms with Crippen LogP contribution in [0.1, 0.15) is 42.9 Å². The van der Waals surface area contributed by atoms with Crippen molar-refractivity contribution in [3.8, 4) is 0 Å². The van der Waals surface area contributed by atoms with Crippen LogP contribution < -0.4 is 11.1 Å². The van der Waals surface area contributed by atoms with Crippen LogP contribution in [0.25, 0.3) is 0 Å². The number of nitrogens with two attached hydrogens (primary N) is 1. The van der Waals surface area contributed by atoms with Gasteiger partial charge < -0.3 is 16.2 Å². The Kier molecular flexibility index (Phi) is 3.07. The molecule has 4 nitrogen and oxygen atoms in total. The largest absolute Gasteiger partial charge is 0.390 e. The number of carbonyl (C=O) groups is 1. The second-order valence-electron chi connectivity index (χ2n) is 5.91. The van der Waals surface area contributed by atoms with Crippen LogP contribution in [0.2, 0.25) is 0 Å². The first-order chi connectivity index (χ1) is 9.07. The van der Waals surface area contributed by atoms with Crippen molar-refractivity contribution in [2.24, 2.45) is 5.73 Å². The van der Waals surface area contributed by atoms with E-state index in [1.807, 2.05) is 24.3 Å². The van der Waals surface area contributed by atoms with Crippen molar-refractivity contribution in [3.05, 3.63) is 35.4 Å². The average Bonchev–Trinajstić information content (AvgIpc) is 2.64. The molecular formula is C15H20N2O2. The molecule has 1 amide bonds. The SMILES string of the molecule is NC1(CC(=O)N[C@H]2c3ccccc3C[C@H]2O)CCC1. The Morgan fingerprint density at radius 2 is 2.16 bits per heavy atom. The highest BCUT2D eigenvalue weighted by Gasteiger charge is 2.37. The summed E-state index contributed by atoms with van der Waals surface area (Å²) < 4.78 is 0. The predicted octanol–water partition coefficient (Wildman–Crippen LogP) is 1.03. The van der Waals surface area contributed by atoms with E-state index in [1.54, 1.807) is 0 Å². The Morgan fingerprint density at radius 1 is 1.42 bits per heavy atom. The van der Waals surface area contributed by atoms with E-state index in [2.05, 4.69) is 5.32 Å². The molecule has 2 atom stereocenters. The Hall–Kier alpha value is -1.39. The fourth-order valence-electron chi connectivity index (χ4n) is 3.10. The van der Waals surface area contributed by atoms with Crippen molar-refractivity contribution >= 4 is 5.91 Å². The number of nitrogens with one attached hydrogen (secondary N) is 1. The lowest BCUT2D eigenvalue weighted by Crippen LogP contribution is -2.50. The minimum atomic E-state index is -0.531. The molecule has 1 aromatic rings. The quantitative estimate of drug-likeness (QED) is 0.760. The van der Waals surface area contributed by atoms with Crippen LogP contribution in [0.5, 0.6) is 0 Å². The first-order valence-corrected chi connectivity index (χ1v) is 6.92. The van der Waals surface area contributed by atoms with Gasteiger partial charge in [-0.15, -0.1) is 0 Å². The molecule has 0 unspecified atom stereocenters. The van der Waals surface area contributed by atoms with E-state index in [0.717, 1.165) is 30.4 Å². The lowest BCUT2D eigenvalue weighted by atomic mass is 9.75. The fraction of sp³-hybridized carbons (Fsp3) is 0.533. The standard InChI is InChI=1S/C15H20N2O2/c16-15(6-3-7-15)9-13(19)17-14-11-5-2-1-4-10(11)8-12(14)18/h1-2,4-5,12,14,18H,3,6-9,16H2,(H,17,19)/t12-,14+/m1/s1. The summed E-state index contributed by atoms with van der Waals surface area (Å²) in [5.74, 6) is -0.0528. The van der Waals surface area contributed by atoms with Crippen LogP contribution >= 0.6 is 0 Å². The Bertz CT molecular complexity index is 497. The third-order valence-electron chi connectivity index (χ3n) is 4.38. The molecule has 2 aliphatic carbocycles. The number of carbonyl (C=O) groups excluding carboxylic acids is 1. The summed E-state index contributed by atoms with van der Waals surface area (Å²) in [4.78, 5) is 12.1. The normalized spacial score (nSPS) is 27.5. The third kappa shape index (κ3) is 2.38. The summed E-state index contributed by atoms with van der Waals surface area (Å²) in [6, 6.07) is 7.58. The average molecular weight is 260 g/mol. The number of hydrogen-bond acceptors (Lipinski definition) is 3. The highest BCUT2D eigenvalue weighted by atomic mass is 16.3. The first kappa shape index (κ1) is 12.6. The van der Waals surface area contributed by atoms with Gasteiger partial charge in [0.25, 0.3) is 0 Å². The zero-order valence-corrected chi connectivity index (χ0v) is 10.9. The van der Waals surface area contributed by atoms with E-state index < -0.39 is 6.10 Å². The van der Waals surface area contributed by atoms with Crippen molar-refractivity contribution in [2.45, 2.75) is 49.8 Å². The zero-order chi connectivity index (χ0) is 13.5. The summed E-state index contributed by atoms with van der Waals surface area (Å²) >= 11 is 0. The van der Waals surface area contributed by atoms with E-state index >= 15 is 0 Å². The number of rotatable bonds is 3. The molecule has 0 heterocycles. The van der Waals surface area contributed by atoms with E-state index in [1.165, 1.54) is 0 Å². The molecule has 1 fully saturated rings. The highest BCUT2D eigenvalue weighted by molar-refractivity contribution is 5.78. The van der Waals surface area contributed by atoms with Crippen molar-refractivity contribution in [2.75, 3.05) is 0 Å². The number of aliphatic hydroxyl groups excluding tert-OH is 1. The van der Waals surface area contributed by atoms with Crippen molar-refractivity contribution in [3.63, 3.8) is 0 Å². The maximum atomic E-state index is 12.1. The Labute approximate surface area is 113 Å². The molecule has 4 N–H and O–H groups in total. The molecule has 0 radical (unpaired) electrons. The predicted molar refractivity (Wildman–Crippen MR) is 72.4 cm³/mol. The van der Waals surface area contributed by atoms with Crippen LogP contribution in [0.4, 0.5) is 0 Å². The minimum Gasteiger partial charge on any atom is -0.390 e. The summed E-state index contributed by atoms with van der Waals surface area (Å²) in [5, 5.41) is 13.0. The Morgan fingerprint density at radius 3 is 2.84 bits per heavy atom. The summed E-state index contributed by atoms with van der Waals surface area (Å²) in [6.07, 6.45) is 3.39. The minimum absolute atomic E-state index is 0.0528. The smallest absolute Gasteiger partial charge is 0.222 e. The number of benzene rings is 1. The molecule has 0 bridgehead atoms. The van der Waals surface area contributed by atoms with Gasteiger partial charge in [0.05, 0.1) is 12.1 Å². The van der Waals surface area contributed by atoms with Gasteiger partial charge >= 0.3 is 0 Å². The molecule has 0 saturated heterocycles. The number of fused-ring (bicyclic) bond motifs is 1. The topological polar surface area (TPSA) is 75.4 Å². The van der Waals surface area contributed by atoms with Gasteiger partial charge in [0.1, 0.15) is 0 Å². The molecule has 1 aromatic carbocycles. The highest BCUT2D eigenvalue weighted by Crippen LogP contribution is 2.34. The lowest BCUT2D eigenvalue weighted by molar-refractivity contribution is -0.124.